The Balaban J connectivity index is 2.66. The minimum absolute atomic E-state index is 0.0321. The van der Waals surface area contributed by atoms with Gasteiger partial charge in [-0.2, -0.15) is 0 Å². The van der Waals surface area contributed by atoms with Gasteiger partial charge in [-0.1, -0.05) is 13.8 Å². The van der Waals surface area contributed by atoms with E-state index >= 15 is 0 Å². The summed E-state index contributed by atoms with van der Waals surface area (Å²) in [6, 6.07) is 4.19. The fraction of sp³-hybridized carbons (Fsp3) is 0.500. The van der Waals surface area contributed by atoms with E-state index in [0.717, 1.165) is 19.6 Å². The average molecular weight is 284 g/mol. The molecule has 0 aliphatic rings. The van der Waals surface area contributed by atoms with Crippen molar-refractivity contribution in [3.05, 3.63) is 29.6 Å². The summed E-state index contributed by atoms with van der Waals surface area (Å²) in [6.07, 6.45) is 0. The Kier molecular flexibility index (Phi) is 6.31. The number of benzene rings is 1. The van der Waals surface area contributed by atoms with Crippen molar-refractivity contribution < 1.29 is 9.18 Å². The number of hydrogen-bond acceptors (Lipinski definition) is 3. The van der Waals surface area contributed by atoms with E-state index in [1.807, 2.05) is 6.92 Å². The minimum atomic E-state index is -0.523. The third kappa shape index (κ3) is 4.84. The van der Waals surface area contributed by atoms with Gasteiger partial charge in [-0.3, -0.25) is 4.79 Å². The van der Waals surface area contributed by atoms with Crippen LogP contribution in [0.4, 0.5) is 4.39 Å². The van der Waals surface area contributed by atoms with Crippen LogP contribution in [0.3, 0.4) is 0 Å². The van der Waals surface area contributed by atoms with Crippen molar-refractivity contribution in [2.75, 3.05) is 19.6 Å². The molecule has 1 aromatic carbocycles. The standard InChI is InChI=1S/C14H21FN2OS/c1-4-17(5-2)9-10(3)16-14(18)12-8-11(19)6-7-13(12)15/h6-8,10,19H,4-5,9H2,1-3H3,(H,16,18). The lowest BCUT2D eigenvalue weighted by Crippen LogP contribution is -2.42. The monoisotopic (exact) mass is 284 g/mol. The van der Waals surface area contributed by atoms with E-state index in [1.54, 1.807) is 0 Å². The number of carbonyl (C=O) groups is 1. The van der Waals surface area contributed by atoms with Gasteiger partial charge in [0.25, 0.3) is 5.91 Å². The maximum atomic E-state index is 13.6. The predicted molar refractivity (Wildman–Crippen MR) is 78.4 cm³/mol. The fourth-order valence-corrected chi connectivity index (χ4v) is 2.11. The zero-order valence-electron chi connectivity index (χ0n) is 11.6. The average Bonchev–Trinajstić information content (AvgIpc) is 2.38. The first kappa shape index (κ1) is 16.0. The number of hydrogen-bond donors (Lipinski definition) is 2. The molecule has 3 nitrogen and oxygen atoms in total. The topological polar surface area (TPSA) is 32.3 Å². The largest absolute Gasteiger partial charge is 0.348 e. The van der Waals surface area contributed by atoms with Crippen molar-refractivity contribution in [2.24, 2.45) is 0 Å². The van der Waals surface area contributed by atoms with Gasteiger partial charge in [-0.05, 0) is 38.2 Å². The third-order valence-corrected chi connectivity index (χ3v) is 3.28. The van der Waals surface area contributed by atoms with Crippen LogP contribution in [0.5, 0.6) is 0 Å². The molecule has 0 fully saturated rings. The first-order chi connectivity index (χ1) is 8.97. The molecular formula is C14H21FN2OS. The molecule has 0 spiro atoms. The normalized spacial score (nSPS) is 12.5. The SMILES string of the molecule is CCN(CC)CC(C)NC(=O)c1cc(S)ccc1F. The molecule has 5 heteroatoms. The lowest BCUT2D eigenvalue weighted by molar-refractivity contribution is 0.0926. The highest BCUT2D eigenvalue weighted by molar-refractivity contribution is 7.80. The predicted octanol–water partition coefficient (Wildman–Crippen LogP) is 2.57. The van der Waals surface area contributed by atoms with Crippen molar-refractivity contribution in [1.29, 1.82) is 0 Å². The first-order valence-electron chi connectivity index (χ1n) is 6.49. The van der Waals surface area contributed by atoms with E-state index in [1.165, 1.54) is 18.2 Å². The first-order valence-corrected chi connectivity index (χ1v) is 6.94. The molecule has 0 aliphatic heterocycles. The molecule has 0 aliphatic carbocycles. The Morgan fingerprint density at radius 2 is 2.05 bits per heavy atom. The number of carbonyl (C=O) groups excluding carboxylic acids is 1. The van der Waals surface area contributed by atoms with Crippen molar-refractivity contribution in [3.63, 3.8) is 0 Å². The molecule has 0 aromatic heterocycles. The molecule has 0 saturated heterocycles. The summed E-state index contributed by atoms with van der Waals surface area (Å²) < 4.78 is 13.6. The maximum absolute atomic E-state index is 13.6. The quantitative estimate of drug-likeness (QED) is 0.787. The van der Waals surface area contributed by atoms with Gasteiger partial charge in [-0.15, -0.1) is 12.6 Å². The van der Waals surface area contributed by atoms with Crippen LogP contribution in [0.2, 0.25) is 0 Å². The van der Waals surface area contributed by atoms with Gasteiger partial charge in [0.1, 0.15) is 5.82 Å². The molecule has 0 radical (unpaired) electrons. The van der Waals surface area contributed by atoms with E-state index in [4.69, 9.17) is 0 Å². The molecule has 106 valence electrons. The molecule has 0 heterocycles. The number of rotatable bonds is 6. The minimum Gasteiger partial charge on any atom is -0.348 e. The molecule has 1 aromatic rings. The lowest BCUT2D eigenvalue weighted by Gasteiger charge is -2.23. The highest BCUT2D eigenvalue weighted by Gasteiger charge is 2.15. The maximum Gasteiger partial charge on any atom is 0.254 e. The van der Waals surface area contributed by atoms with Crippen LogP contribution in [0.15, 0.2) is 23.1 Å². The van der Waals surface area contributed by atoms with Gasteiger partial charge in [0, 0.05) is 17.5 Å². The Bertz CT molecular complexity index is 435. The highest BCUT2D eigenvalue weighted by Crippen LogP contribution is 2.13. The van der Waals surface area contributed by atoms with Crippen LogP contribution >= 0.6 is 12.6 Å². The van der Waals surface area contributed by atoms with Gasteiger partial charge in [0.15, 0.2) is 0 Å². The van der Waals surface area contributed by atoms with Crippen LogP contribution in [0, 0.1) is 5.82 Å². The Labute approximate surface area is 119 Å². The smallest absolute Gasteiger partial charge is 0.254 e. The second kappa shape index (κ2) is 7.50. The Hall–Kier alpha value is -1.07. The fourth-order valence-electron chi connectivity index (χ4n) is 1.90. The number of likely N-dealkylation sites (N-methyl/N-ethyl adjacent to an activating group) is 1. The van der Waals surface area contributed by atoms with Gasteiger partial charge >= 0.3 is 0 Å². The Morgan fingerprint density at radius 3 is 2.63 bits per heavy atom. The number of thiol groups is 1. The molecule has 1 rings (SSSR count). The summed E-state index contributed by atoms with van der Waals surface area (Å²) in [5.41, 5.74) is 0.0406. The van der Waals surface area contributed by atoms with E-state index in [0.29, 0.717) is 4.90 Å². The molecular weight excluding hydrogens is 263 g/mol. The van der Waals surface area contributed by atoms with Crippen molar-refractivity contribution >= 4 is 18.5 Å². The molecule has 19 heavy (non-hydrogen) atoms. The van der Waals surface area contributed by atoms with Crippen LogP contribution < -0.4 is 5.32 Å². The summed E-state index contributed by atoms with van der Waals surface area (Å²) in [4.78, 5) is 14.8. The number of nitrogens with one attached hydrogen (secondary N) is 1. The van der Waals surface area contributed by atoms with Crippen molar-refractivity contribution in [1.82, 2.24) is 10.2 Å². The number of amides is 1. The second-order valence-corrected chi connectivity index (χ2v) is 5.04. The molecule has 1 unspecified atom stereocenters. The highest BCUT2D eigenvalue weighted by atomic mass is 32.1. The third-order valence-electron chi connectivity index (χ3n) is 3.00. The summed E-state index contributed by atoms with van der Waals surface area (Å²) in [5.74, 6) is -0.918. The summed E-state index contributed by atoms with van der Waals surface area (Å²) in [6.45, 7) is 8.66. The number of nitrogens with zero attached hydrogens (tertiary/aromatic N) is 1. The lowest BCUT2D eigenvalue weighted by atomic mass is 10.2. The molecule has 0 saturated carbocycles. The van der Waals surface area contributed by atoms with E-state index in [-0.39, 0.29) is 11.6 Å². The van der Waals surface area contributed by atoms with Crippen molar-refractivity contribution in [2.45, 2.75) is 31.7 Å². The van der Waals surface area contributed by atoms with Gasteiger partial charge in [-0.25, -0.2) is 4.39 Å². The summed E-state index contributed by atoms with van der Waals surface area (Å²) in [5, 5.41) is 2.81. The molecule has 1 N–H and O–H groups in total. The van der Waals surface area contributed by atoms with E-state index in [9.17, 15) is 9.18 Å². The van der Waals surface area contributed by atoms with Gasteiger partial charge in [0.2, 0.25) is 0 Å². The van der Waals surface area contributed by atoms with Crippen LogP contribution in [-0.4, -0.2) is 36.5 Å². The van der Waals surface area contributed by atoms with Crippen LogP contribution in [0.1, 0.15) is 31.1 Å². The second-order valence-electron chi connectivity index (χ2n) is 4.52. The van der Waals surface area contributed by atoms with E-state index in [2.05, 4.69) is 36.7 Å². The van der Waals surface area contributed by atoms with Gasteiger partial charge in [0.05, 0.1) is 5.56 Å². The van der Waals surface area contributed by atoms with Gasteiger partial charge < -0.3 is 10.2 Å². The van der Waals surface area contributed by atoms with Crippen molar-refractivity contribution in [3.8, 4) is 0 Å². The molecule has 1 atom stereocenters. The summed E-state index contributed by atoms with van der Waals surface area (Å²) in [7, 11) is 0. The zero-order chi connectivity index (χ0) is 14.4. The Morgan fingerprint density at radius 1 is 1.42 bits per heavy atom. The zero-order valence-corrected chi connectivity index (χ0v) is 12.5. The van der Waals surface area contributed by atoms with Crippen LogP contribution in [0.25, 0.3) is 0 Å². The molecule has 1 amide bonds. The molecule has 0 bridgehead atoms. The van der Waals surface area contributed by atoms with E-state index < -0.39 is 11.7 Å². The number of halogens is 1. The summed E-state index contributed by atoms with van der Waals surface area (Å²) >= 11 is 4.12. The van der Waals surface area contributed by atoms with Crippen LogP contribution in [-0.2, 0) is 0 Å².